The fourth-order valence-corrected chi connectivity index (χ4v) is 3.13. The smallest absolute Gasteiger partial charge is 0.249 e. The van der Waals surface area contributed by atoms with Gasteiger partial charge in [-0.05, 0) is 38.5 Å². The molecule has 0 aromatic carbocycles. The molecule has 100 valence electrons. The third-order valence-corrected chi connectivity index (χ3v) is 4.47. The molecule has 1 amide bonds. The highest BCUT2D eigenvalue weighted by atomic mass is 32.1. The summed E-state index contributed by atoms with van der Waals surface area (Å²) in [5.74, 6) is -0.339. The van der Waals surface area contributed by atoms with Crippen molar-refractivity contribution in [2.24, 2.45) is 5.73 Å². The van der Waals surface area contributed by atoms with Gasteiger partial charge in [-0.3, -0.25) is 4.79 Å². The van der Waals surface area contributed by atoms with Gasteiger partial charge in [-0.1, -0.05) is 6.92 Å². The average molecular weight is 267 g/mol. The Bertz CT molecular complexity index is 397. The van der Waals surface area contributed by atoms with Crippen LogP contribution in [-0.2, 0) is 6.54 Å². The minimum atomic E-state index is -0.339. The van der Waals surface area contributed by atoms with Crippen LogP contribution in [0.3, 0.4) is 0 Å². The van der Waals surface area contributed by atoms with Crippen LogP contribution in [0.2, 0.25) is 0 Å². The zero-order valence-corrected chi connectivity index (χ0v) is 11.6. The Morgan fingerprint density at radius 1 is 1.56 bits per heavy atom. The molecule has 0 atom stereocenters. The Balaban J connectivity index is 1.76. The van der Waals surface area contributed by atoms with Crippen LogP contribution in [0, 0.1) is 0 Å². The van der Waals surface area contributed by atoms with E-state index in [1.54, 1.807) is 11.3 Å². The molecule has 2 rings (SSSR count). The van der Waals surface area contributed by atoms with E-state index in [-0.39, 0.29) is 5.91 Å². The second-order valence-electron chi connectivity index (χ2n) is 4.76. The van der Waals surface area contributed by atoms with Crippen molar-refractivity contribution >= 4 is 17.2 Å². The normalized spacial score (nSPS) is 18.1. The first-order chi connectivity index (χ1) is 8.69. The molecule has 1 aliphatic rings. The number of rotatable bonds is 5. The van der Waals surface area contributed by atoms with Gasteiger partial charge in [0.2, 0.25) is 5.91 Å². The van der Waals surface area contributed by atoms with Crippen LogP contribution in [0.5, 0.6) is 0 Å². The third kappa shape index (κ3) is 3.54. The summed E-state index contributed by atoms with van der Waals surface area (Å²) in [6.45, 7) is 6.58. The van der Waals surface area contributed by atoms with Crippen molar-refractivity contribution < 1.29 is 4.79 Å². The highest BCUT2D eigenvalue weighted by Crippen LogP contribution is 2.16. The van der Waals surface area contributed by atoms with E-state index in [0.29, 0.717) is 11.6 Å². The molecule has 0 saturated carbocycles. The van der Waals surface area contributed by atoms with Crippen molar-refractivity contribution in [3.8, 4) is 0 Å². The Morgan fingerprint density at radius 2 is 2.28 bits per heavy atom. The summed E-state index contributed by atoms with van der Waals surface area (Å²) in [6.07, 6.45) is 2.42. The molecule has 18 heavy (non-hydrogen) atoms. The molecular weight excluding hydrogens is 246 g/mol. The highest BCUT2D eigenvalue weighted by molar-refractivity contribution is 7.10. The van der Waals surface area contributed by atoms with Crippen LogP contribution in [0.1, 0.15) is 35.0 Å². The molecule has 2 heterocycles. The molecule has 1 saturated heterocycles. The molecule has 1 aromatic heterocycles. The topological polar surface area (TPSA) is 58.4 Å². The highest BCUT2D eigenvalue weighted by Gasteiger charge is 2.17. The predicted octanol–water partition coefficient (Wildman–Crippen LogP) is 1.42. The number of primary amides is 1. The number of thiophene rings is 1. The van der Waals surface area contributed by atoms with Crippen LogP contribution < -0.4 is 11.1 Å². The van der Waals surface area contributed by atoms with E-state index in [4.69, 9.17) is 5.73 Å². The second kappa shape index (κ2) is 6.31. The Labute approximate surface area is 112 Å². The van der Waals surface area contributed by atoms with E-state index < -0.39 is 0 Å². The third-order valence-electron chi connectivity index (χ3n) is 3.54. The summed E-state index contributed by atoms with van der Waals surface area (Å²) in [5.41, 5.74) is 5.86. The molecule has 0 unspecified atom stereocenters. The van der Waals surface area contributed by atoms with Gasteiger partial charge in [0.05, 0.1) is 5.56 Å². The van der Waals surface area contributed by atoms with Gasteiger partial charge in [-0.25, -0.2) is 0 Å². The summed E-state index contributed by atoms with van der Waals surface area (Å²) >= 11 is 1.60. The first-order valence-electron chi connectivity index (χ1n) is 6.52. The van der Waals surface area contributed by atoms with Gasteiger partial charge in [0.1, 0.15) is 0 Å². The Morgan fingerprint density at radius 3 is 2.83 bits per heavy atom. The average Bonchev–Trinajstić information content (AvgIpc) is 2.86. The quantitative estimate of drug-likeness (QED) is 0.848. The van der Waals surface area contributed by atoms with Gasteiger partial charge in [0.25, 0.3) is 0 Å². The van der Waals surface area contributed by atoms with Gasteiger partial charge in [0.15, 0.2) is 0 Å². The molecule has 1 fully saturated rings. The molecule has 1 aliphatic heterocycles. The second-order valence-corrected chi connectivity index (χ2v) is 5.75. The van der Waals surface area contributed by atoms with Crippen molar-refractivity contribution in [3.05, 3.63) is 21.9 Å². The fraction of sp³-hybridized carbons (Fsp3) is 0.615. The van der Waals surface area contributed by atoms with Crippen LogP contribution >= 0.6 is 11.3 Å². The van der Waals surface area contributed by atoms with Gasteiger partial charge in [-0.2, -0.15) is 0 Å². The lowest BCUT2D eigenvalue weighted by molar-refractivity contribution is 0.100. The minimum absolute atomic E-state index is 0.339. The number of hydrogen-bond acceptors (Lipinski definition) is 4. The number of carbonyl (C=O) groups excluding carboxylic acids is 1. The van der Waals surface area contributed by atoms with E-state index in [9.17, 15) is 4.79 Å². The van der Waals surface area contributed by atoms with Gasteiger partial charge < -0.3 is 16.0 Å². The first-order valence-corrected chi connectivity index (χ1v) is 7.40. The molecule has 4 nitrogen and oxygen atoms in total. The number of amides is 1. The molecule has 0 spiro atoms. The van der Waals surface area contributed by atoms with Crippen molar-refractivity contribution in [3.63, 3.8) is 0 Å². The van der Waals surface area contributed by atoms with Crippen LogP contribution in [0.4, 0.5) is 0 Å². The SMILES string of the molecule is CCN1CCC(NCc2cc(C(N)=O)cs2)CC1. The fourth-order valence-electron chi connectivity index (χ4n) is 2.30. The lowest BCUT2D eigenvalue weighted by Gasteiger charge is -2.31. The zero-order valence-electron chi connectivity index (χ0n) is 10.8. The monoisotopic (exact) mass is 267 g/mol. The molecule has 5 heteroatoms. The van der Waals surface area contributed by atoms with E-state index >= 15 is 0 Å². The lowest BCUT2D eigenvalue weighted by Crippen LogP contribution is -2.41. The largest absolute Gasteiger partial charge is 0.366 e. The van der Waals surface area contributed by atoms with Crippen LogP contribution in [-0.4, -0.2) is 36.5 Å². The molecule has 0 radical (unpaired) electrons. The molecule has 0 aliphatic carbocycles. The maximum Gasteiger partial charge on any atom is 0.249 e. The number of nitrogens with one attached hydrogen (secondary N) is 1. The zero-order chi connectivity index (χ0) is 13.0. The molecule has 3 N–H and O–H groups in total. The number of nitrogens with two attached hydrogens (primary N) is 1. The molecular formula is C13H21N3OS. The van der Waals surface area contributed by atoms with Crippen LogP contribution in [0.25, 0.3) is 0 Å². The lowest BCUT2D eigenvalue weighted by atomic mass is 10.1. The van der Waals surface area contributed by atoms with Crippen molar-refractivity contribution in [1.29, 1.82) is 0 Å². The summed E-state index contributed by atoms with van der Waals surface area (Å²) in [5, 5.41) is 5.40. The molecule has 0 bridgehead atoms. The molecule has 1 aromatic rings. The number of hydrogen-bond donors (Lipinski definition) is 2. The van der Waals surface area contributed by atoms with Crippen molar-refractivity contribution in [2.75, 3.05) is 19.6 Å². The number of carbonyl (C=O) groups is 1. The van der Waals surface area contributed by atoms with Gasteiger partial charge >= 0.3 is 0 Å². The van der Waals surface area contributed by atoms with Crippen molar-refractivity contribution in [2.45, 2.75) is 32.4 Å². The van der Waals surface area contributed by atoms with E-state index in [1.807, 2.05) is 11.4 Å². The summed E-state index contributed by atoms with van der Waals surface area (Å²) in [7, 11) is 0. The predicted molar refractivity (Wildman–Crippen MR) is 74.8 cm³/mol. The van der Waals surface area contributed by atoms with E-state index in [0.717, 1.165) is 13.1 Å². The van der Waals surface area contributed by atoms with Crippen LogP contribution in [0.15, 0.2) is 11.4 Å². The number of piperidine rings is 1. The number of likely N-dealkylation sites (tertiary alicyclic amines) is 1. The Hall–Kier alpha value is -0.910. The van der Waals surface area contributed by atoms with E-state index in [2.05, 4.69) is 17.1 Å². The van der Waals surface area contributed by atoms with Gasteiger partial charge in [-0.15, -0.1) is 11.3 Å². The van der Waals surface area contributed by atoms with Crippen molar-refractivity contribution in [1.82, 2.24) is 10.2 Å². The maximum absolute atomic E-state index is 11.0. The van der Waals surface area contributed by atoms with Gasteiger partial charge in [0, 0.05) is 22.8 Å². The summed E-state index contributed by atoms with van der Waals surface area (Å²) < 4.78 is 0. The summed E-state index contributed by atoms with van der Waals surface area (Å²) in [4.78, 5) is 14.7. The first kappa shape index (κ1) is 13.5. The Kier molecular flexibility index (Phi) is 4.74. The standard InChI is InChI=1S/C13H21N3OS/c1-2-16-5-3-11(4-6-16)15-8-12-7-10(9-18-12)13(14)17/h7,9,11,15H,2-6,8H2,1H3,(H2,14,17). The van der Waals surface area contributed by atoms with E-state index in [1.165, 1.54) is 30.8 Å². The maximum atomic E-state index is 11.0. The number of nitrogens with zero attached hydrogens (tertiary/aromatic N) is 1. The summed E-state index contributed by atoms with van der Waals surface area (Å²) in [6, 6.07) is 2.49. The minimum Gasteiger partial charge on any atom is -0.366 e.